The second-order valence-electron chi connectivity index (χ2n) is 3.02. The van der Waals surface area contributed by atoms with E-state index in [4.69, 9.17) is 0 Å². The smallest absolute Gasteiger partial charge is 0.222 e. The van der Waals surface area contributed by atoms with Crippen molar-refractivity contribution >= 4 is 27.6 Å². The number of ketones is 1. The van der Waals surface area contributed by atoms with Crippen molar-refractivity contribution in [2.24, 2.45) is 0 Å². The second kappa shape index (κ2) is 4.03. The van der Waals surface area contributed by atoms with E-state index >= 15 is 0 Å². The predicted octanol–water partition coefficient (Wildman–Crippen LogP) is 0.961. The summed E-state index contributed by atoms with van der Waals surface area (Å²) in [5, 5.41) is 0. The fraction of sp³-hybridized carbons (Fsp3) is 0.750. The first-order chi connectivity index (χ1) is 5.61. The van der Waals surface area contributed by atoms with Crippen molar-refractivity contribution in [3.63, 3.8) is 0 Å². The minimum absolute atomic E-state index is 0.0784. The number of hydrogen-bond acceptors (Lipinski definition) is 2. The number of Topliss-reactive ketones (excluding diaryl/α,β-unsaturated/α-hetero) is 1. The Labute approximate surface area is 80.2 Å². The molecule has 0 spiro atoms. The molecule has 3 nitrogen and oxygen atoms in total. The van der Waals surface area contributed by atoms with Crippen LogP contribution in [0.15, 0.2) is 0 Å². The molecule has 4 heteroatoms. The maximum Gasteiger partial charge on any atom is 0.222 e. The van der Waals surface area contributed by atoms with E-state index < -0.39 is 0 Å². The zero-order valence-corrected chi connectivity index (χ0v) is 8.63. The Balaban J connectivity index is 2.40. The maximum atomic E-state index is 11.1. The van der Waals surface area contributed by atoms with E-state index in [0.717, 1.165) is 13.0 Å². The number of nitrogens with zero attached hydrogens (tertiary/aromatic N) is 1. The first kappa shape index (κ1) is 9.71. The monoisotopic (exact) mass is 233 g/mol. The van der Waals surface area contributed by atoms with Gasteiger partial charge in [0.1, 0.15) is 5.78 Å². The molecular weight excluding hydrogens is 222 g/mol. The minimum Gasteiger partial charge on any atom is -0.341 e. The lowest BCUT2D eigenvalue weighted by atomic mass is 10.3. The molecule has 1 amide bonds. The van der Waals surface area contributed by atoms with Gasteiger partial charge in [0.05, 0.1) is 4.83 Å². The van der Waals surface area contributed by atoms with Crippen LogP contribution >= 0.6 is 15.9 Å². The van der Waals surface area contributed by atoms with Crippen molar-refractivity contribution in [2.45, 2.75) is 24.6 Å². The highest BCUT2D eigenvalue weighted by atomic mass is 79.9. The number of carbonyl (C=O) groups excluding carboxylic acids is 2. The average molecular weight is 234 g/mol. The SMILES string of the molecule is CC(=O)C(Br)CN1CCCC1=O. The van der Waals surface area contributed by atoms with Gasteiger partial charge >= 0.3 is 0 Å². The lowest BCUT2D eigenvalue weighted by Crippen LogP contribution is -2.33. The number of rotatable bonds is 3. The van der Waals surface area contributed by atoms with E-state index in [1.807, 2.05) is 0 Å². The van der Waals surface area contributed by atoms with Crippen LogP contribution in [-0.2, 0) is 9.59 Å². The molecule has 0 bridgehead atoms. The Morgan fingerprint density at radius 3 is 2.83 bits per heavy atom. The maximum absolute atomic E-state index is 11.1. The van der Waals surface area contributed by atoms with Gasteiger partial charge in [-0.25, -0.2) is 0 Å². The zero-order chi connectivity index (χ0) is 9.14. The molecule has 0 N–H and O–H groups in total. The molecule has 0 saturated carbocycles. The summed E-state index contributed by atoms with van der Waals surface area (Å²) in [7, 11) is 0. The first-order valence-corrected chi connectivity index (χ1v) is 4.95. The van der Waals surface area contributed by atoms with E-state index in [1.165, 1.54) is 6.92 Å². The van der Waals surface area contributed by atoms with Gasteiger partial charge in [0.15, 0.2) is 0 Å². The molecule has 0 aromatic carbocycles. The van der Waals surface area contributed by atoms with E-state index in [0.29, 0.717) is 13.0 Å². The van der Waals surface area contributed by atoms with Gasteiger partial charge in [-0.3, -0.25) is 9.59 Å². The summed E-state index contributed by atoms with van der Waals surface area (Å²) >= 11 is 3.24. The van der Waals surface area contributed by atoms with Crippen molar-refractivity contribution in [3.05, 3.63) is 0 Å². The highest BCUT2D eigenvalue weighted by Crippen LogP contribution is 2.13. The molecule has 1 atom stereocenters. The van der Waals surface area contributed by atoms with E-state index in [1.54, 1.807) is 4.90 Å². The number of alkyl halides is 1. The van der Waals surface area contributed by atoms with Gasteiger partial charge in [-0.05, 0) is 13.3 Å². The summed E-state index contributed by atoms with van der Waals surface area (Å²) in [5.41, 5.74) is 0. The van der Waals surface area contributed by atoms with Gasteiger partial charge in [0.2, 0.25) is 5.91 Å². The Morgan fingerprint density at radius 1 is 1.75 bits per heavy atom. The molecule has 0 aromatic rings. The van der Waals surface area contributed by atoms with E-state index in [-0.39, 0.29) is 16.5 Å². The third-order valence-electron chi connectivity index (χ3n) is 1.99. The highest BCUT2D eigenvalue weighted by molar-refractivity contribution is 9.10. The number of carbonyl (C=O) groups is 2. The fourth-order valence-electron chi connectivity index (χ4n) is 1.22. The van der Waals surface area contributed by atoms with Crippen LogP contribution in [0, 0.1) is 0 Å². The number of likely N-dealkylation sites (tertiary alicyclic amines) is 1. The van der Waals surface area contributed by atoms with Crippen molar-refractivity contribution in [2.75, 3.05) is 13.1 Å². The van der Waals surface area contributed by atoms with Crippen LogP contribution < -0.4 is 0 Å². The molecule has 0 radical (unpaired) electrons. The summed E-state index contributed by atoms with van der Waals surface area (Å²) in [6, 6.07) is 0. The first-order valence-electron chi connectivity index (χ1n) is 4.03. The molecule has 12 heavy (non-hydrogen) atoms. The van der Waals surface area contributed by atoms with Gasteiger partial charge in [-0.1, -0.05) is 15.9 Å². The number of hydrogen-bond donors (Lipinski definition) is 0. The third-order valence-corrected chi connectivity index (χ3v) is 2.93. The molecule has 1 unspecified atom stereocenters. The lowest BCUT2D eigenvalue weighted by Gasteiger charge is -2.17. The summed E-state index contributed by atoms with van der Waals surface area (Å²) < 4.78 is 0. The fourth-order valence-corrected chi connectivity index (χ4v) is 1.57. The topological polar surface area (TPSA) is 37.4 Å². The molecule has 1 heterocycles. The van der Waals surface area contributed by atoms with Crippen LogP contribution in [0.1, 0.15) is 19.8 Å². The third kappa shape index (κ3) is 2.30. The predicted molar refractivity (Wildman–Crippen MR) is 49.2 cm³/mol. The highest BCUT2D eigenvalue weighted by Gasteiger charge is 2.23. The normalized spacial score (nSPS) is 19.8. The molecule has 0 aliphatic carbocycles. The van der Waals surface area contributed by atoms with E-state index in [2.05, 4.69) is 15.9 Å². The summed E-state index contributed by atoms with van der Waals surface area (Å²) in [5.74, 6) is 0.246. The lowest BCUT2D eigenvalue weighted by molar-refractivity contribution is -0.128. The molecule has 1 aliphatic rings. The van der Waals surface area contributed by atoms with E-state index in [9.17, 15) is 9.59 Å². The van der Waals surface area contributed by atoms with Crippen LogP contribution in [0.3, 0.4) is 0 Å². The van der Waals surface area contributed by atoms with Crippen LogP contribution in [0.2, 0.25) is 0 Å². The van der Waals surface area contributed by atoms with Gasteiger partial charge in [0, 0.05) is 19.5 Å². The van der Waals surface area contributed by atoms with Crippen LogP contribution in [0.4, 0.5) is 0 Å². The molecule has 1 fully saturated rings. The summed E-state index contributed by atoms with van der Waals surface area (Å²) in [6.07, 6.45) is 1.56. The summed E-state index contributed by atoms with van der Waals surface area (Å²) in [6.45, 7) is 2.85. The number of amides is 1. The Morgan fingerprint density at radius 2 is 2.42 bits per heavy atom. The minimum atomic E-state index is -0.195. The molecule has 1 rings (SSSR count). The van der Waals surface area contributed by atoms with Crippen molar-refractivity contribution in [1.82, 2.24) is 4.90 Å². The Hall–Kier alpha value is -0.380. The van der Waals surface area contributed by atoms with Crippen LogP contribution in [0.25, 0.3) is 0 Å². The molecule has 1 saturated heterocycles. The van der Waals surface area contributed by atoms with Gasteiger partial charge in [0.25, 0.3) is 0 Å². The standard InChI is InChI=1S/C8H12BrNO2/c1-6(11)7(9)5-10-4-2-3-8(10)12/h7H,2-5H2,1H3. The zero-order valence-electron chi connectivity index (χ0n) is 7.05. The van der Waals surface area contributed by atoms with Crippen molar-refractivity contribution in [1.29, 1.82) is 0 Å². The van der Waals surface area contributed by atoms with Crippen LogP contribution in [0.5, 0.6) is 0 Å². The Bertz CT molecular complexity index is 205. The summed E-state index contributed by atoms with van der Waals surface area (Å²) in [4.78, 5) is 23.5. The Kier molecular flexibility index (Phi) is 3.26. The molecule has 1 aliphatic heterocycles. The average Bonchev–Trinajstić information content (AvgIpc) is 2.36. The number of halogens is 1. The van der Waals surface area contributed by atoms with Gasteiger partial charge in [-0.15, -0.1) is 0 Å². The molecular formula is C8H12BrNO2. The second-order valence-corrected chi connectivity index (χ2v) is 4.13. The molecule has 0 aromatic heterocycles. The molecule has 68 valence electrons. The van der Waals surface area contributed by atoms with Crippen molar-refractivity contribution in [3.8, 4) is 0 Å². The van der Waals surface area contributed by atoms with Crippen LogP contribution in [-0.4, -0.2) is 34.5 Å². The van der Waals surface area contributed by atoms with Gasteiger partial charge < -0.3 is 4.90 Å². The van der Waals surface area contributed by atoms with Gasteiger partial charge in [-0.2, -0.15) is 0 Å². The quantitative estimate of drug-likeness (QED) is 0.682. The largest absolute Gasteiger partial charge is 0.341 e. The van der Waals surface area contributed by atoms with Crippen molar-refractivity contribution < 1.29 is 9.59 Å².